The lowest BCUT2D eigenvalue weighted by molar-refractivity contribution is 0.0990. The van der Waals surface area contributed by atoms with Crippen molar-refractivity contribution in [2.45, 2.75) is 6.42 Å². The zero-order chi connectivity index (χ0) is 12.3. The summed E-state index contributed by atoms with van der Waals surface area (Å²) in [6.07, 6.45) is 1.98. The molecule has 0 aliphatic carbocycles. The van der Waals surface area contributed by atoms with Crippen molar-refractivity contribution in [3.05, 3.63) is 44.7 Å². The van der Waals surface area contributed by atoms with E-state index in [1.54, 1.807) is 29.7 Å². The molecule has 0 atom stereocenters. The number of carbonyl (C=O) groups is 1. The van der Waals surface area contributed by atoms with Gasteiger partial charge in [-0.2, -0.15) is 0 Å². The summed E-state index contributed by atoms with van der Waals surface area (Å²) in [6.45, 7) is 0. The van der Waals surface area contributed by atoms with E-state index in [4.69, 9.17) is 4.74 Å². The fraction of sp³-hybridized carbons (Fsp3) is 0.167. The average molecular weight is 312 g/mol. The predicted octanol–water partition coefficient (Wildman–Crippen LogP) is 3.34. The molecule has 0 aromatic carbocycles. The number of nitrogens with zero attached hydrogens (tertiary/aromatic N) is 1. The van der Waals surface area contributed by atoms with Gasteiger partial charge in [0.25, 0.3) is 0 Å². The van der Waals surface area contributed by atoms with E-state index in [1.165, 1.54) is 7.11 Å². The number of methoxy groups -OCH3 is 1. The minimum Gasteiger partial charge on any atom is -0.480 e. The molecule has 0 bridgehead atoms. The van der Waals surface area contributed by atoms with Crippen LogP contribution in [0.4, 0.5) is 0 Å². The molecule has 0 aliphatic heterocycles. The first-order valence-corrected chi connectivity index (χ1v) is 6.58. The molecule has 3 nitrogen and oxygen atoms in total. The quantitative estimate of drug-likeness (QED) is 0.813. The summed E-state index contributed by atoms with van der Waals surface area (Å²) in [5.74, 6) is 0.400. The van der Waals surface area contributed by atoms with Gasteiger partial charge < -0.3 is 4.74 Å². The fourth-order valence-corrected chi connectivity index (χ4v) is 2.95. The number of ketones is 1. The highest BCUT2D eigenvalue weighted by atomic mass is 79.9. The molecule has 0 amide bonds. The lowest BCUT2D eigenvalue weighted by atomic mass is 10.1. The summed E-state index contributed by atoms with van der Waals surface area (Å²) in [5.41, 5.74) is 0.527. The van der Waals surface area contributed by atoms with E-state index in [2.05, 4.69) is 20.9 Å². The number of hydrogen-bond acceptors (Lipinski definition) is 4. The predicted molar refractivity (Wildman–Crippen MR) is 70.8 cm³/mol. The van der Waals surface area contributed by atoms with Gasteiger partial charge in [-0.1, -0.05) is 0 Å². The molecule has 0 unspecified atom stereocenters. The first-order chi connectivity index (χ1) is 8.20. The first-order valence-electron chi connectivity index (χ1n) is 4.97. The van der Waals surface area contributed by atoms with Crippen molar-refractivity contribution in [2.75, 3.05) is 7.11 Å². The molecule has 0 saturated heterocycles. The minimum absolute atomic E-state index is 0.0179. The van der Waals surface area contributed by atoms with Gasteiger partial charge in [-0.25, -0.2) is 4.98 Å². The molecule has 2 heterocycles. The second-order valence-corrected chi connectivity index (χ2v) is 5.91. The summed E-state index contributed by atoms with van der Waals surface area (Å²) in [5, 5.41) is 0. The number of rotatable bonds is 4. The SMILES string of the molecule is COc1ncccc1C(=O)Cc1ccc(Br)s1. The lowest BCUT2D eigenvalue weighted by Gasteiger charge is -2.04. The first kappa shape index (κ1) is 12.3. The molecule has 2 aromatic rings. The van der Waals surface area contributed by atoms with Crippen molar-refractivity contribution in [1.82, 2.24) is 4.98 Å². The smallest absolute Gasteiger partial charge is 0.224 e. The van der Waals surface area contributed by atoms with Gasteiger partial charge in [-0.3, -0.25) is 4.79 Å². The molecule has 88 valence electrons. The van der Waals surface area contributed by atoms with Crippen LogP contribution < -0.4 is 4.74 Å². The molecule has 0 fully saturated rings. The molecule has 0 aliphatic rings. The van der Waals surface area contributed by atoms with Crippen LogP contribution in [0.25, 0.3) is 0 Å². The van der Waals surface area contributed by atoms with Crippen LogP contribution in [-0.2, 0) is 6.42 Å². The Labute approximate surface area is 112 Å². The number of hydrogen-bond donors (Lipinski definition) is 0. The van der Waals surface area contributed by atoms with E-state index in [1.807, 2.05) is 12.1 Å². The monoisotopic (exact) mass is 311 g/mol. The van der Waals surface area contributed by atoms with Crippen LogP contribution in [-0.4, -0.2) is 17.9 Å². The van der Waals surface area contributed by atoms with Crippen molar-refractivity contribution in [3.63, 3.8) is 0 Å². The van der Waals surface area contributed by atoms with Crippen LogP contribution in [0.3, 0.4) is 0 Å². The van der Waals surface area contributed by atoms with Crippen molar-refractivity contribution in [1.29, 1.82) is 0 Å². The average Bonchev–Trinajstić information content (AvgIpc) is 2.74. The van der Waals surface area contributed by atoms with E-state index < -0.39 is 0 Å². The van der Waals surface area contributed by atoms with E-state index in [0.717, 1.165) is 8.66 Å². The Bertz CT molecular complexity index is 539. The second-order valence-electron chi connectivity index (χ2n) is 3.37. The molecule has 2 aromatic heterocycles. The zero-order valence-corrected chi connectivity index (χ0v) is 11.5. The highest BCUT2D eigenvalue weighted by molar-refractivity contribution is 9.11. The van der Waals surface area contributed by atoms with Crippen LogP contribution in [0.15, 0.2) is 34.2 Å². The summed E-state index contributed by atoms with van der Waals surface area (Å²) in [4.78, 5) is 17.1. The zero-order valence-electron chi connectivity index (χ0n) is 9.14. The number of ether oxygens (including phenoxy) is 1. The van der Waals surface area contributed by atoms with Gasteiger partial charge in [0.2, 0.25) is 5.88 Å². The third-order valence-electron chi connectivity index (χ3n) is 2.23. The van der Waals surface area contributed by atoms with Crippen molar-refractivity contribution < 1.29 is 9.53 Å². The number of Topliss-reactive ketones (excluding diaryl/α,β-unsaturated/α-hetero) is 1. The Hall–Kier alpha value is -1.20. The van der Waals surface area contributed by atoms with Crippen molar-refractivity contribution in [2.24, 2.45) is 0 Å². The maximum absolute atomic E-state index is 12.1. The molecule has 2 rings (SSSR count). The summed E-state index contributed by atoms with van der Waals surface area (Å²) in [7, 11) is 1.51. The second kappa shape index (κ2) is 5.42. The van der Waals surface area contributed by atoms with Gasteiger partial charge in [0, 0.05) is 17.5 Å². The van der Waals surface area contributed by atoms with Gasteiger partial charge in [0.1, 0.15) is 0 Å². The van der Waals surface area contributed by atoms with Crippen LogP contribution >= 0.6 is 27.3 Å². The van der Waals surface area contributed by atoms with Gasteiger partial charge in [-0.05, 0) is 40.2 Å². The highest BCUT2D eigenvalue weighted by Crippen LogP contribution is 2.24. The van der Waals surface area contributed by atoms with Crippen molar-refractivity contribution in [3.8, 4) is 5.88 Å². The summed E-state index contributed by atoms with van der Waals surface area (Å²) >= 11 is 4.94. The van der Waals surface area contributed by atoms with E-state index in [-0.39, 0.29) is 5.78 Å². The summed E-state index contributed by atoms with van der Waals surface area (Å²) < 4.78 is 6.10. The number of halogens is 1. The molecule has 0 saturated carbocycles. The summed E-state index contributed by atoms with van der Waals surface area (Å²) in [6, 6.07) is 7.35. The maximum atomic E-state index is 12.1. The van der Waals surface area contributed by atoms with Gasteiger partial charge >= 0.3 is 0 Å². The Morgan fingerprint density at radius 2 is 2.29 bits per heavy atom. The Morgan fingerprint density at radius 1 is 1.47 bits per heavy atom. The Morgan fingerprint density at radius 3 is 2.94 bits per heavy atom. The van der Waals surface area contributed by atoms with Crippen LogP contribution in [0, 0.1) is 0 Å². The highest BCUT2D eigenvalue weighted by Gasteiger charge is 2.14. The third kappa shape index (κ3) is 2.92. The van der Waals surface area contributed by atoms with Crippen molar-refractivity contribution >= 4 is 33.0 Å². The number of aromatic nitrogens is 1. The fourth-order valence-electron chi connectivity index (χ4n) is 1.47. The van der Waals surface area contributed by atoms with E-state index >= 15 is 0 Å². The standard InChI is InChI=1S/C12H10BrNO2S/c1-16-12-9(3-2-6-14-12)10(15)7-8-4-5-11(13)17-8/h2-6H,7H2,1H3. The van der Waals surface area contributed by atoms with Crippen LogP contribution in [0.1, 0.15) is 15.2 Å². The Balaban J connectivity index is 2.20. The van der Waals surface area contributed by atoms with E-state index in [9.17, 15) is 4.79 Å². The number of carbonyl (C=O) groups excluding carboxylic acids is 1. The third-order valence-corrected chi connectivity index (χ3v) is 3.85. The van der Waals surface area contributed by atoms with Gasteiger partial charge in [0.15, 0.2) is 5.78 Å². The largest absolute Gasteiger partial charge is 0.480 e. The number of thiophene rings is 1. The molecule has 0 radical (unpaired) electrons. The molecule has 5 heteroatoms. The minimum atomic E-state index is 0.0179. The normalized spacial score (nSPS) is 10.2. The van der Waals surface area contributed by atoms with E-state index in [0.29, 0.717) is 17.9 Å². The maximum Gasteiger partial charge on any atom is 0.224 e. The lowest BCUT2D eigenvalue weighted by Crippen LogP contribution is -2.05. The van der Waals surface area contributed by atoms with Crippen LogP contribution in [0.5, 0.6) is 5.88 Å². The molecule has 0 spiro atoms. The molecule has 17 heavy (non-hydrogen) atoms. The molecular weight excluding hydrogens is 302 g/mol. The Kier molecular flexibility index (Phi) is 3.91. The van der Waals surface area contributed by atoms with Crippen LogP contribution in [0.2, 0.25) is 0 Å². The van der Waals surface area contributed by atoms with Gasteiger partial charge in [-0.15, -0.1) is 11.3 Å². The molecule has 0 N–H and O–H groups in total. The topological polar surface area (TPSA) is 39.2 Å². The van der Waals surface area contributed by atoms with Gasteiger partial charge in [0.05, 0.1) is 16.5 Å². The number of pyridine rings is 1. The molecular formula is C12H10BrNO2S.